The van der Waals surface area contributed by atoms with Crippen LogP contribution in [0.25, 0.3) is 0 Å². The van der Waals surface area contributed by atoms with Gasteiger partial charge in [0.15, 0.2) is 0 Å². The molecule has 0 radical (unpaired) electrons. The van der Waals surface area contributed by atoms with Gasteiger partial charge in [0.2, 0.25) is 0 Å². The van der Waals surface area contributed by atoms with Crippen molar-refractivity contribution in [3.8, 4) is 0 Å². The maximum absolute atomic E-state index is 11.4. The van der Waals surface area contributed by atoms with Crippen molar-refractivity contribution < 1.29 is 219 Å². The Morgan fingerprint density at radius 3 is 0.447 bits per heavy atom. The smallest absolute Gasteiger partial charge is 1.00 e. The third-order valence-corrected chi connectivity index (χ3v) is 6.61. The maximum Gasteiger partial charge on any atom is 1.00 e. The molecule has 1 fully saturated rings. The van der Waals surface area contributed by atoms with Crippen LogP contribution in [-0.2, 0) is 54.5 Å². The molecule has 24 nitrogen and oxygen atoms in total. The van der Waals surface area contributed by atoms with E-state index in [1.54, 1.807) is 0 Å². The second-order valence-corrected chi connectivity index (χ2v) is 13.5. The van der Waals surface area contributed by atoms with Crippen molar-refractivity contribution in [2.75, 3.05) is 0 Å². The second-order valence-electron chi connectivity index (χ2n) is 6.36. The van der Waals surface area contributed by atoms with Crippen LogP contribution in [0.4, 0.5) is 0 Å². The number of rotatable bonds is 12. The Hall–Kier alpha value is 3.93. The van der Waals surface area contributed by atoms with Gasteiger partial charge in [0.1, 0.15) is 36.6 Å². The molecule has 0 aliphatic heterocycles. The molecule has 1 rings (SSSR count). The Bertz CT molecular complexity index is 841. The van der Waals surface area contributed by atoms with E-state index in [2.05, 4.69) is 27.1 Å². The molecule has 0 aromatic carbocycles. The zero-order valence-electron chi connectivity index (χ0n) is 20.4. The van der Waals surface area contributed by atoms with E-state index in [-0.39, 0.29) is 106 Å². The molecular formula is C6H20K2O24P6. The van der Waals surface area contributed by atoms with Crippen molar-refractivity contribution in [3.63, 3.8) is 0 Å². The summed E-state index contributed by atoms with van der Waals surface area (Å²) in [6.07, 6.45) is -18.9. The molecule has 38 heavy (non-hydrogen) atoms. The van der Waals surface area contributed by atoms with Gasteiger partial charge in [-0.3, -0.25) is 27.1 Å². The van der Waals surface area contributed by atoms with Gasteiger partial charge in [0.25, 0.3) is 0 Å². The fourth-order valence-electron chi connectivity index (χ4n) is 2.79. The molecule has 12 N–H and O–H groups in total. The van der Waals surface area contributed by atoms with Gasteiger partial charge < -0.3 is 61.6 Å². The molecule has 1 saturated carbocycles. The standard InChI is InChI=1S/C6H18O24P6.2K.2H/c7-31(8,9)25-1-2(26-32(10,11)12)4(28-34(16,17)18)6(30-36(22,23)24)5(29-35(19,20)21)3(1)27-33(13,14)15;;;;/h1-6H,(H2,7,8,9)(H2,10,11,12)(H2,13,14,15)(H2,16,17,18)(H2,19,20,21)(H2,22,23,24);;;;/q;2*+1;2*-1. The molecular weight excluding hydrogens is 720 g/mol. The van der Waals surface area contributed by atoms with Gasteiger partial charge in [-0.05, 0) is 0 Å². The van der Waals surface area contributed by atoms with E-state index in [4.69, 9.17) is 58.7 Å². The zero-order valence-corrected chi connectivity index (χ0v) is 30.0. The van der Waals surface area contributed by atoms with Gasteiger partial charge in [0, 0.05) is 0 Å². The van der Waals surface area contributed by atoms with E-state index in [0.717, 1.165) is 0 Å². The molecule has 32 heteroatoms. The van der Waals surface area contributed by atoms with E-state index in [1.807, 2.05) is 0 Å². The van der Waals surface area contributed by atoms with Crippen LogP contribution in [-0.4, -0.2) is 95.3 Å². The van der Waals surface area contributed by atoms with E-state index in [1.165, 1.54) is 0 Å². The van der Waals surface area contributed by atoms with E-state index >= 15 is 0 Å². The summed E-state index contributed by atoms with van der Waals surface area (Å²) in [5, 5.41) is 0. The molecule has 0 heterocycles. The van der Waals surface area contributed by atoms with Gasteiger partial charge in [-0.1, -0.05) is 0 Å². The monoisotopic (exact) mass is 740 g/mol. The molecule has 220 valence electrons. The van der Waals surface area contributed by atoms with Crippen molar-refractivity contribution in [3.05, 3.63) is 0 Å². The van der Waals surface area contributed by atoms with Crippen LogP contribution in [0.5, 0.6) is 0 Å². The summed E-state index contributed by atoms with van der Waals surface area (Å²) in [5.74, 6) is 0. The Morgan fingerprint density at radius 2 is 0.395 bits per heavy atom. The average Bonchev–Trinajstić information content (AvgIpc) is 2.51. The van der Waals surface area contributed by atoms with Crippen LogP contribution in [0.15, 0.2) is 0 Å². The normalized spacial score (nSPS) is 27.8. The first-order chi connectivity index (χ1) is 15.6. The first-order valence-electron chi connectivity index (χ1n) is 8.01. The topological polar surface area (TPSA) is 401 Å². The van der Waals surface area contributed by atoms with Crippen LogP contribution >= 0.6 is 46.9 Å². The summed E-state index contributed by atoms with van der Waals surface area (Å²) in [6, 6.07) is 0. The predicted octanol–water partition coefficient (Wildman–Crippen LogP) is -8.90. The van der Waals surface area contributed by atoms with Crippen molar-refractivity contribution >= 4 is 46.9 Å². The Kier molecular flexibility index (Phi) is 18.5. The van der Waals surface area contributed by atoms with Gasteiger partial charge >= 0.3 is 150 Å². The quantitative estimate of drug-likeness (QED) is 0.0652. The van der Waals surface area contributed by atoms with E-state index in [9.17, 15) is 27.4 Å². The molecule has 0 atom stereocenters. The number of hydrogen-bond donors (Lipinski definition) is 12. The van der Waals surface area contributed by atoms with E-state index in [0.29, 0.717) is 0 Å². The van der Waals surface area contributed by atoms with Crippen molar-refractivity contribution in [2.24, 2.45) is 0 Å². The van der Waals surface area contributed by atoms with Gasteiger partial charge in [0.05, 0.1) is 0 Å². The minimum absolute atomic E-state index is 0. The number of phosphoric acid groups is 6. The zero-order chi connectivity index (χ0) is 28.7. The SMILES string of the molecule is O=P(O)(O)OC1C(OP(=O)(O)O)C(OP(=O)(O)O)C(OP(=O)(O)O)C(OP(=O)(O)O)C1OP(=O)(O)O.[H-].[H-].[K+].[K+]. The van der Waals surface area contributed by atoms with Crippen LogP contribution < -0.4 is 103 Å². The van der Waals surface area contributed by atoms with Crippen LogP contribution in [0.1, 0.15) is 2.85 Å². The first kappa shape index (κ1) is 44.1. The third-order valence-electron chi connectivity index (χ3n) is 3.50. The molecule has 0 unspecified atom stereocenters. The first-order valence-corrected chi connectivity index (χ1v) is 17.2. The van der Waals surface area contributed by atoms with Gasteiger partial charge in [-0.15, -0.1) is 0 Å². The Morgan fingerprint density at radius 1 is 0.316 bits per heavy atom. The second kappa shape index (κ2) is 16.0. The molecule has 1 aliphatic carbocycles. The number of hydrogen-bond acceptors (Lipinski definition) is 12. The Balaban J connectivity index is -0.00000162. The van der Waals surface area contributed by atoms with Crippen LogP contribution in [0.3, 0.4) is 0 Å². The van der Waals surface area contributed by atoms with Gasteiger partial charge in [-0.25, -0.2) is 27.4 Å². The summed E-state index contributed by atoms with van der Waals surface area (Å²) >= 11 is 0. The minimum atomic E-state index is -6.02. The van der Waals surface area contributed by atoms with Crippen molar-refractivity contribution in [1.82, 2.24) is 0 Å². The molecule has 0 aromatic heterocycles. The fourth-order valence-corrected chi connectivity index (χ4v) is 6.14. The summed E-state index contributed by atoms with van der Waals surface area (Å²) in [5.41, 5.74) is 0. The predicted molar refractivity (Wildman–Crippen MR) is 104 cm³/mol. The largest absolute Gasteiger partial charge is 1.00 e. The van der Waals surface area contributed by atoms with E-state index < -0.39 is 83.6 Å². The third kappa shape index (κ3) is 18.0. The molecule has 1 aliphatic rings. The minimum Gasteiger partial charge on any atom is -1.00 e. The number of phosphoric ester groups is 6. The van der Waals surface area contributed by atoms with Crippen LogP contribution in [0.2, 0.25) is 0 Å². The van der Waals surface area contributed by atoms with Crippen LogP contribution in [0, 0.1) is 0 Å². The molecule has 0 amide bonds. The fraction of sp³-hybridized carbons (Fsp3) is 1.00. The maximum atomic E-state index is 11.4. The molecule has 0 aromatic rings. The summed E-state index contributed by atoms with van der Waals surface area (Å²) in [7, 11) is -36.1. The summed E-state index contributed by atoms with van der Waals surface area (Å²) in [4.78, 5) is 110. The van der Waals surface area contributed by atoms with Crippen molar-refractivity contribution in [1.29, 1.82) is 0 Å². The van der Waals surface area contributed by atoms with Gasteiger partial charge in [-0.2, -0.15) is 0 Å². The molecule has 0 saturated heterocycles. The average molecular weight is 740 g/mol. The molecule has 0 spiro atoms. The summed E-state index contributed by atoms with van der Waals surface area (Å²) < 4.78 is 93.1. The van der Waals surface area contributed by atoms with Crippen molar-refractivity contribution in [2.45, 2.75) is 36.6 Å². The molecule has 0 bridgehead atoms. The Labute approximate surface area is 298 Å². The summed E-state index contributed by atoms with van der Waals surface area (Å²) in [6.45, 7) is 0.